The van der Waals surface area contributed by atoms with E-state index in [2.05, 4.69) is 15.2 Å². The van der Waals surface area contributed by atoms with E-state index in [0.29, 0.717) is 12.2 Å². The zero-order valence-corrected chi connectivity index (χ0v) is 9.05. The molecule has 0 radical (unpaired) electrons. The minimum Gasteiger partial charge on any atom is -0.496 e. The van der Waals surface area contributed by atoms with E-state index in [4.69, 9.17) is 10.5 Å². The van der Waals surface area contributed by atoms with E-state index in [1.807, 2.05) is 24.3 Å². The van der Waals surface area contributed by atoms with Crippen molar-refractivity contribution in [2.45, 2.75) is 12.5 Å². The van der Waals surface area contributed by atoms with Gasteiger partial charge in [0, 0.05) is 0 Å². The Balaban J connectivity index is 2.14. The Labute approximate surface area is 93.7 Å². The fourth-order valence-electron chi connectivity index (χ4n) is 1.60. The Bertz CT molecular complexity index is 441. The van der Waals surface area contributed by atoms with Gasteiger partial charge in [-0.15, -0.1) is 0 Å². The molecule has 1 heterocycles. The quantitative estimate of drug-likeness (QED) is 0.804. The van der Waals surface area contributed by atoms with Gasteiger partial charge >= 0.3 is 0 Å². The maximum Gasteiger partial charge on any atom is 0.141 e. The largest absolute Gasteiger partial charge is 0.496 e. The van der Waals surface area contributed by atoms with E-state index in [1.54, 1.807) is 7.11 Å². The fourth-order valence-corrected chi connectivity index (χ4v) is 1.60. The van der Waals surface area contributed by atoms with E-state index in [1.165, 1.54) is 6.33 Å². The number of hydrogen-bond donors (Lipinski definition) is 2. The summed E-state index contributed by atoms with van der Waals surface area (Å²) in [6.45, 7) is 0. The standard InChI is InChI=1S/C11H14N4O/c1-16-10-5-3-2-4-8(10)6-9(12)11-13-7-14-15-11/h2-5,7,9H,6,12H2,1H3,(H,13,14,15). The number of benzene rings is 1. The van der Waals surface area contributed by atoms with Crippen molar-refractivity contribution in [2.24, 2.45) is 5.73 Å². The summed E-state index contributed by atoms with van der Waals surface area (Å²) in [5.74, 6) is 1.53. The number of nitrogens with zero attached hydrogens (tertiary/aromatic N) is 2. The number of hydrogen-bond acceptors (Lipinski definition) is 4. The maximum atomic E-state index is 6.01. The summed E-state index contributed by atoms with van der Waals surface area (Å²) in [7, 11) is 1.65. The summed E-state index contributed by atoms with van der Waals surface area (Å²) >= 11 is 0. The van der Waals surface area contributed by atoms with Crippen LogP contribution >= 0.6 is 0 Å². The Morgan fingerprint density at radius 1 is 1.44 bits per heavy atom. The first kappa shape index (κ1) is 10.6. The van der Waals surface area contributed by atoms with Gasteiger partial charge in [0.1, 0.15) is 17.9 Å². The van der Waals surface area contributed by atoms with Gasteiger partial charge in [-0.1, -0.05) is 18.2 Å². The van der Waals surface area contributed by atoms with Gasteiger partial charge in [-0.25, -0.2) is 4.98 Å². The number of aromatic nitrogens is 3. The number of nitrogens with two attached hydrogens (primary N) is 1. The molecule has 0 aliphatic heterocycles. The van der Waals surface area contributed by atoms with Crippen molar-refractivity contribution in [3.63, 3.8) is 0 Å². The lowest BCUT2D eigenvalue weighted by Crippen LogP contribution is -2.15. The van der Waals surface area contributed by atoms with Crippen molar-refractivity contribution in [2.75, 3.05) is 7.11 Å². The lowest BCUT2D eigenvalue weighted by Gasteiger charge is -2.11. The normalized spacial score (nSPS) is 12.4. The molecule has 2 rings (SSSR count). The smallest absolute Gasteiger partial charge is 0.141 e. The van der Waals surface area contributed by atoms with E-state index in [9.17, 15) is 0 Å². The van der Waals surface area contributed by atoms with Crippen LogP contribution in [0.4, 0.5) is 0 Å². The Hall–Kier alpha value is -1.88. The molecule has 0 saturated heterocycles. The highest BCUT2D eigenvalue weighted by molar-refractivity contribution is 5.34. The van der Waals surface area contributed by atoms with Crippen LogP contribution < -0.4 is 10.5 Å². The van der Waals surface area contributed by atoms with Gasteiger partial charge in [-0.2, -0.15) is 5.10 Å². The van der Waals surface area contributed by atoms with Crippen molar-refractivity contribution >= 4 is 0 Å². The molecule has 1 aromatic carbocycles. The lowest BCUT2D eigenvalue weighted by atomic mass is 10.1. The zero-order chi connectivity index (χ0) is 11.4. The van der Waals surface area contributed by atoms with Crippen LogP contribution in [-0.2, 0) is 6.42 Å². The molecule has 1 unspecified atom stereocenters. The highest BCUT2D eigenvalue weighted by Gasteiger charge is 2.12. The number of methoxy groups -OCH3 is 1. The molecule has 0 saturated carbocycles. The molecule has 1 aromatic heterocycles. The number of ether oxygens (including phenoxy) is 1. The van der Waals surface area contributed by atoms with Crippen molar-refractivity contribution in [1.82, 2.24) is 15.2 Å². The molecule has 16 heavy (non-hydrogen) atoms. The van der Waals surface area contributed by atoms with Gasteiger partial charge in [-0.3, -0.25) is 5.10 Å². The maximum absolute atomic E-state index is 6.01. The van der Waals surface area contributed by atoms with Gasteiger partial charge < -0.3 is 10.5 Å². The molecular formula is C11H14N4O. The van der Waals surface area contributed by atoms with Crippen LogP contribution in [0.3, 0.4) is 0 Å². The van der Waals surface area contributed by atoms with Crippen molar-refractivity contribution in [3.8, 4) is 5.75 Å². The molecule has 5 nitrogen and oxygen atoms in total. The van der Waals surface area contributed by atoms with Gasteiger partial charge in [0.05, 0.1) is 13.2 Å². The SMILES string of the molecule is COc1ccccc1CC(N)c1ncn[nH]1. The Morgan fingerprint density at radius 2 is 2.25 bits per heavy atom. The van der Waals surface area contributed by atoms with Crippen molar-refractivity contribution < 1.29 is 4.74 Å². The molecule has 2 aromatic rings. The second kappa shape index (κ2) is 4.76. The van der Waals surface area contributed by atoms with E-state index >= 15 is 0 Å². The predicted octanol–water partition coefficient (Wildman–Crippen LogP) is 1.06. The fraction of sp³-hybridized carbons (Fsp3) is 0.273. The van der Waals surface area contributed by atoms with E-state index in [0.717, 1.165) is 11.3 Å². The second-order valence-corrected chi connectivity index (χ2v) is 3.49. The third-order valence-electron chi connectivity index (χ3n) is 2.42. The number of H-pyrrole nitrogens is 1. The van der Waals surface area contributed by atoms with Gasteiger partial charge in [0.2, 0.25) is 0 Å². The number of rotatable bonds is 4. The second-order valence-electron chi connectivity index (χ2n) is 3.49. The summed E-state index contributed by atoms with van der Waals surface area (Å²) in [4.78, 5) is 4.04. The molecule has 0 fully saturated rings. The molecule has 0 amide bonds. The third kappa shape index (κ3) is 2.20. The highest BCUT2D eigenvalue weighted by atomic mass is 16.5. The number of nitrogens with one attached hydrogen (secondary N) is 1. The van der Waals surface area contributed by atoms with Crippen molar-refractivity contribution in [1.29, 1.82) is 0 Å². The van der Waals surface area contributed by atoms with Gasteiger partial charge in [0.15, 0.2) is 0 Å². The summed E-state index contributed by atoms with van der Waals surface area (Å²) in [5.41, 5.74) is 7.07. The molecular weight excluding hydrogens is 204 g/mol. The van der Waals surface area contributed by atoms with Crippen LogP contribution in [0.25, 0.3) is 0 Å². The summed E-state index contributed by atoms with van der Waals surface area (Å²) in [5, 5.41) is 6.55. The molecule has 84 valence electrons. The summed E-state index contributed by atoms with van der Waals surface area (Å²) in [6.07, 6.45) is 2.12. The van der Waals surface area contributed by atoms with Crippen LogP contribution in [0, 0.1) is 0 Å². The van der Waals surface area contributed by atoms with Crippen LogP contribution in [-0.4, -0.2) is 22.3 Å². The molecule has 0 spiro atoms. The third-order valence-corrected chi connectivity index (χ3v) is 2.42. The van der Waals surface area contributed by atoms with Crippen LogP contribution in [0.2, 0.25) is 0 Å². The minimum absolute atomic E-state index is 0.196. The monoisotopic (exact) mass is 218 g/mol. The van der Waals surface area contributed by atoms with E-state index in [-0.39, 0.29) is 6.04 Å². The van der Waals surface area contributed by atoms with Gasteiger partial charge in [-0.05, 0) is 18.1 Å². The topological polar surface area (TPSA) is 76.8 Å². The Kier molecular flexibility index (Phi) is 3.16. The summed E-state index contributed by atoms with van der Waals surface area (Å²) < 4.78 is 5.26. The molecule has 0 aliphatic carbocycles. The summed E-state index contributed by atoms with van der Waals surface area (Å²) in [6, 6.07) is 7.61. The number of para-hydroxylation sites is 1. The first-order valence-corrected chi connectivity index (χ1v) is 5.04. The Morgan fingerprint density at radius 3 is 2.94 bits per heavy atom. The zero-order valence-electron chi connectivity index (χ0n) is 9.05. The molecule has 1 atom stereocenters. The molecule has 0 aliphatic rings. The molecule has 0 bridgehead atoms. The van der Waals surface area contributed by atoms with Crippen LogP contribution in [0.1, 0.15) is 17.4 Å². The molecule has 5 heteroatoms. The minimum atomic E-state index is -0.196. The number of aromatic amines is 1. The average molecular weight is 218 g/mol. The first-order valence-electron chi connectivity index (χ1n) is 5.04. The first-order chi connectivity index (χ1) is 7.81. The molecule has 3 N–H and O–H groups in total. The highest BCUT2D eigenvalue weighted by Crippen LogP contribution is 2.21. The van der Waals surface area contributed by atoms with Crippen molar-refractivity contribution in [3.05, 3.63) is 42.0 Å². The van der Waals surface area contributed by atoms with Crippen LogP contribution in [0.5, 0.6) is 5.75 Å². The van der Waals surface area contributed by atoms with E-state index < -0.39 is 0 Å². The van der Waals surface area contributed by atoms with Crippen LogP contribution in [0.15, 0.2) is 30.6 Å². The lowest BCUT2D eigenvalue weighted by molar-refractivity contribution is 0.408. The predicted molar refractivity (Wildman–Crippen MR) is 60.0 cm³/mol. The van der Waals surface area contributed by atoms with Gasteiger partial charge in [0.25, 0.3) is 0 Å². The average Bonchev–Trinajstić information content (AvgIpc) is 2.83.